The molecular weight excluding hydrogens is 256 g/mol. The number of nitrogens with two attached hydrogens (primary N) is 1. The Morgan fingerprint density at radius 1 is 1.20 bits per heavy atom. The average Bonchev–Trinajstić information content (AvgIpc) is 2.84. The molecule has 0 aliphatic carbocycles. The molecule has 0 radical (unpaired) electrons. The molecule has 3 rings (SSSR count). The van der Waals surface area contributed by atoms with Crippen molar-refractivity contribution in [2.75, 3.05) is 5.73 Å². The van der Waals surface area contributed by atoms with Gasteiger partial charge in [-0.1, -0.05) is 24.3 Å². The Hall–Kier alpha value is -2.89. The number of hydrogen-bond acceptors (Lipinski definition) is 4. The largest absolute Gasteiger partial charge is 0.393 e. The molecule has 100 valence electrons. The molecule has 3 aromatic rings. The van der Waals surface area contributed by atoms with Gasteiger partial charge in [-0.05, 0) is 12.1 Å². The minimum Gasteiger partial charge on any atom is -0.393 e. The Labute approximate surface area is 114 Å². The third-order valence-corrected chi connectivity index (χ3v) is 3.24. The van der Waals surface area contributed by atoms with Gasteiger partial charge in [-0.2, -0.15) is 0 Å². The predicted molar refractivity (Wildman–Crippen MR) is 76.3 cm³/mol. The van der Waals surface area contributed by atoms with Crippen molar-refractivity contribution in [3.05, 3.63) is 64.5 Å². The zero-order valence-electron chi connectivity index (χ0n) is 10.6. The molecule has 0 fully saturated rings. The van der Waals surface area contributed by atoms with Crippen molar-refractivity contribution in [1.29, 1.82) is 0 Å². The first-order valence-electron chi connectivity index (χ1n) is 6.08. The molecule has 2 aromatic carbocycles. The Bertz CT molecular complexity index is 795. The van der Waals surface area contributed by atoms with Crippen molar-refractivity contribution < 1.29 is 4.92 Å². The van der Waals surface area contributed by atoms with Crippen LogP contribution in [0.4, 0.5) is 11.4 Å². The highest BCUT2D eigenvalue weighted by atomic mass is 16.6. The van der Waals surface area contributed by atoms with Crippen molar-refractivity contribution in [2.45, 2.75) is 6.54 Å². The monoisotopic (exact) mass is 268 g/mol. The van der Waals surface area contributed by atoms with Gasteiger partial charge in [-0.15, -0.1) is 0 Å². The summed E-state index contributed by atoms with van der Waals surface area (Å²) in [6.07, 6.45) is 1.71. The number of nitro groups is 1. The van der Waals surface area contributed by atoms with E-state index in [1.54, 1.807) is 18.5 Å². The lowest BCUT2D eigenvalue weighted by Gasteiger charge is -2.07. The highest BCUT2D eigenvalue weighted by molar-refractivity contribution is 5.75. The normalized spacial score (nSPS) is 10.8. The van der Waals surface area contributed by atoms with Crippen LogP contribution in [0, 0.1) is 10.1 Å². The molecule has 0 aliphatic rings. The third kappa shape index (κ3) is 1.97. The topological polar surface area (TPSA) is 87.0 Å². The van der Waals surface area contributed by atoms with Gasteiger partial charge in [-0.25, -0.2) is 4.98 Å². The number of fused-ring (bicyclic) bond motifs is 1. The van der Waals surface area contributed by atoms with Crippen LogP contribution < -0.4 is 5.73 Å². The molecule has 0 amide bonds. The zero-order valence-corrected chi connectivity index (χ0v) is 10.6. The number of anilines is 1. The van der Waals surface area contributed by atoms with Gasteiger partial charge in [0.1, 0.15) is 5.69 Å². The van der Waals surface area contributed by atoms with Crippen LogP contribution in [0.15, 0.2) is 48.8 Å². The van der Waals surface area contributed by atoms with Crippen LogP contribution in [-0.4, -0.2) is 14.5 Å². The third-order valence-electron chi connectivity index (χ3n) is 3.24. The summed E-state index contributed by atoms with van der Waals surface area (Å²) in [7, 11) is 0. The Morgan fingerprint density at radius 3 is 2.80 bits per heavy atom. The number of hydrogen-bond donors (Lipinski definition) is 1. The number of imidazole rings is 1. The first-order valence-corrected chi connectivity index (χ1v) is 6.08. The Morgan fingerprint density at radius 2 is 2.00 bits per heavy atom. The van der Waals surface area contributed by atoms with E-state index in [1.807, 2.05) is 28.8 Å². The number of rotatable bonds is 3. The van der Waals surface area contributed by atoms with Crippen LogP contribution in [0.1, 0.15) is 5.56 Å². The maximum Gasteiger partial charge on any atom is 0.292 e. The maximum absolute atomic E-state index is 10.9. The van der Waals surface area contributed by atoms with E-state index in [0.29, 0.717) is 12.1 Å². The van der Waals surface area contributed by atoms with Gasteiger partial charge in [0.05, 0.1) is 28.8 Å². The maximum atomic E-state index is 10.9. The lowest BCUT2D eigenvalue weighted by atomic mass is 10.1. The average molecular weight is 268 g/mol. The lowest BCUT2D eigenvalue weighted by molar-refractivity contribution is -0.383. The fraction of sp³-hybridized carbons (Fsp3) is 0.0714. The molecule has 2 N–H and O–H groups in total. The van der Waals surface area contributed by atoms with E-state index < -0.39 is 4.92 Å². The van der Waals surface area contributed by atoms with E-state index >= 15 is 0 Å². The van der Waals surface area contributed by atoms with Crippen molar-refractivity contribution in [2.24, 2.45) is 0 Å². The molecule has 1 heterocycles. The van der Waals surface area contributed by atoms with E-state index in [1.165, 1.54) is 6.07 Å². The van der Waals surface area contributed by atoms with Gasteiger partial charge in [-0.3, -0.25) is 10.1 Å². The van der Waals surface area contributed by atoms with Crippen LogP contribution in [-0.2, 0) is 6.54 Å². The van der Waals surface area contributed by atoms with E-state index in [4.69, 9.17) is 5.73 Å². The van der Waals surface area contributed by atoms with Crippen molar-refractivity contribution in [3.63, 3.8) is 0 Å². The fourth-order valence-electron chi connectivity index (χ4n) is 2.22. The number of nitrogen functional groups attached to an aromatic ring is 1. The molecule has 6 heteroatoms. The molecule has 0 spiro atoms. The summed E-state index contributed by atoms with van der Waals surface area (Å²) in [5, 5.41) is 10.9. The van der Waals surface area contributed by atoms with E-state index in [2.05, 4.69) is 4.98 Å². The van der Waals surface area contributed by atoms with Gasteiger partial charge in [0.25, 0.3) is 5.69 Å². The Kier molecular flexibility index (Phi) is 2.83. The smallest absolute Gasteiger partial charge is 0.292 e. The molecule has 20 heavy (non-hydrogen) atoms. The van der Waals surface area contributed by atoms with Crippen LogP contribution in [0.25, 0.3) is 11.0 Å². The summed E-state index contributed by atoms with van der Waals surface area (Å²) < 4.78 is 1.92. The van der Waals surface area contributed by atoms with Crippen LogP contribution >= 0.6 is 0 Å². The SMILES string of the molecule is Nc1c(Cn2cnc3ccccc32)cccc1[N+](=O)[O-]. The second-order valence-electron chi connectivity index (χ2n) is 4.47. The second kappa shape index (κ2) is 4.65. The lowest BCUT2D eigenvalue weighted by Crippen LogP contribution is -2.04. The standard InChI is InChI=1S/C14H12N4O2/c15-14-10(4-3-7-13(14)18(19)20)8-17-9-16-11-5-1-2-6-12(11)17/h1-7,9H,8,15H2. The zero-order chi connectivity index (χ0) is 14.1. The molecule has 0 aliphatic heterocycles. The minimum atomic E-state index is -0.467. The molecule has 0 atom stereocenters. The van der Waals surface area contributed by atoms with Gasteiger partial charge in [0, 0.05) is 11.6 Å². The Balaban J connectivity index is 2.03. The highest BCUT2D eigenvalue weighted by Crippen LogP contribution is 2.26. The molecule has 0 unspecified atom stereocenters. The second-order valence-corrected chi connectivity index (χ2v) is 4.47. The summed E-state index contributed by atoms with van der Waals surface area (Å²) in [6.45, 7) is 0.452. The molecule has 6 nitrogen and oxygen atoms in total. The van der Waals surface area contributed by atoms with Gasteiger partial charge in [0.2, 0.25) is 0 Å². The van der Waals surface area contributed by atoms with Crippen molar-refractivity contribution in [3.8, 4) is 0 Å². The number of nitro benzene ring substituents is 1. The molecule has 0 bridgehead atoms. The number of aromatic nitrogens is 2. The highest BCUT2D eigenvalue weighted by Gasteiger charge is 2.14. The summed E-state index contributed by atoms with van der Waals surface area (Å²) in [6, 6.07) is 12.6. The summed E-state index contributed by atoms with van der Waals surface area (Å²) >= 11 is 0. The first-order chi connectivity index (χ1) is 9.66. The minimum absolute atomic E-state index is 0.0630. The number of nitrogens with zero attached hydrogens (tertiary/aromatic N) is 3. The van der Waals surface area contributed by atoms with E-state index in [0.717, 1.165) is 11.0 Å². The number of para-hydroxylation sites is 3. The predicted octanol–water partition coefficient (Wildman–Crippen LogP) is 2.58. The summed E-state index contributed by atoms with van der Waals surface area (Å²) in [5.41, 5.74) is 8.58. The first kappa shape index (κ1) is 12.2. The van der Waals surface area contributed by atoms with E-state index in [9.17, 15) is 10.1 Å². The fourth-order valence-corrected chi connectivity index (χ4v) is 2.22. The molecule has 0 saturated heterocycles. The van der Waals surface area contributed by atoms with Crippen LogP contribution in [0.3, 0.4) is 0 Å². The molecule has 0 saturated carbocycles. The van der Waals surface area contributed by atoms with Gasteiger partial charge < -0.3 is 10.3 Å². The summed E-state index contributed by atoms with van der Waals surface area (Å²) in [5.74, 6) is 0. The summed E-state index contributed by atoms with van der Waals surface area (Å²) in [4.78, 5) is 14.7. The van der Waals surface area contributed by atoms with E-state index in [-0.39, 0.29) is 11.4 Å². The van der Waals surface area contributed by atoms with Crippen molar-refractivity contribution in [1.82, 2.24) is 9.55 Å². The van der Waals surface area contributed by atoms with Gasteiger partial charge in [0.15, 0.2) is 0 Å². The quantitative estimate of drug-likeness (QED) is 0.449. The van der Waals surface area contributed by atoms with Crippen LogP contribution in [0.2, 0.25) is 0 Å². The molecule has 1 aromatic heterocycles. The van der Waals surface area contributed by atoms with Crippen molar-refractivity contribution >= 4 is 22.4 Å². The van der Waals surface area contributed by atoms with Gasteiger partial charge >= 0.3 is 0 Å². The van der Waals surface area contributed by atoms with Crippen LogP contribution in [0.5, 0.6) is 0 Å². The molecular formula is C14H12N4O2. The number of benzene rings is 2.